The Kier molecular flexibility index (Phi) is 3.30. The number of carbonyl (C=O) groups excluding carboxylic acids is 2. The molecule has 2 heterocycles. The second kappa shape index (κ2) is 4.55. The van der Waals surface area contributed by atoms with E-state index >= 15 is 0 Å². The molecular formula is C10H12N2O2S2. The van der Waals surface area contributed by atoms with Crippen molar-refractivity contribution in [2.24, 2.45) is 0 Å². The normalized spacial score (nSPS) is 20.5. The second-order valence-corrected chi connectivity index (χ2v) is 6.01. The van der Waals surface area contributed by atoms with Gasteiger partial charge in [-0.25, -0.2) is 0 Å². The molecule has 0 bridgehead atoms. The summed E-state index contributed by atoms with van der Waals surface area (Å²) in [5.41, 5.74) is 0.926. The van der Waals surface area contributed by atoms with Gasteiger partial charge in [0.15, 0.2) is 5.12 Å². The first kappa shape index (κ1) is 11.6. The Morgan fingerprint density at radius 3 is 3.00 bits per heavy atom. The van der Waals surface area contributed by atoms with E-state index in [9.17, 15) is 9.59 Å². The van der Waals surface area contributed by atoms with E-state index in [1.54, 1.807) is 4.90 Å². The lowest BCUT2D eigenvalue weighted by atomic mass is 10.4. The van der Waals surface area contributed by atoms with Crippen molar-refractivity contribution in [1.29, 1.82) is 0 Å². The van der Waals surface area contributed by atoms with Gasteiger partial charge in [0.05, 0.1) is 5.69 Å². The number of carbonyl (C=O) groups is 2. The monoisotopic (exact) mass is 256 g/mol. The van der Waals surface area contributed by atoms with Crippen LogP contribution in [0.25, 0.3) is 0 Å². The SMILES string of the molecule is CC(=O)SC1CC(=O)N(c2cc(C)ns2)C1. The van der Waals surface area contributed by atoms with Gasteiger partial charge in [0.1, 0.15) is 5.00 Å². The lowest BCUT2D eigenvalue weighted by molar-refractivity contribution is -0.117. The average molecular weight is 256 g/mol. The fourth-order valence-electron chi connectivity index (χ4n) is 1.68. The van der Waals surface area contributed by atoms with E-state index in [2.05, 4.69) is 4.37 Å². The molecule has 0 saturated carbocycles. The topological polar surface area (TPSA) is 50.3 Å². The molecule has 2 rings (SSSR count). The minimum Gasteiger partial charge on any atom is -0.301 e. The number of anilines is 1. The van der Waals surface area contributed by atoms with Crippen LogP contribution in [0.2, 0.25) is 0 Å². The van der Waals surface area contributed by atoms with Crippen molar-refractivity contribution in [3.63, 3.8) is 0 Å². The minimum absolute atomic E-state index is 0.0696. The van der Waals surface area contributed by atoms with Gasteiger partial charge < -0.3 is 4.90 Å². The first-order valence-electron chi connectivity index (χ1n) is 4.97. The van der Waals surface area contributed by atoms with Gasteiger partial charge in [-0.2, -0.15) is 4.37 Å². The summed E-state index contributed by atoms with van der Waals surface area (Å²) < 4.78 is 4.16. The van der Waals surface area contributed by atoms with Crippen LogP contribution in [-0.4, -0.2) is 27.2 Å². The summed E-state index contributed by atoms with van der Waals surface area (Å²) in [4.78, 5) is 24.5. The Morgan fingerprint density at radius 1 is 1.69 bits per heavy atom. The highest BCUT2D eigenvalue weighted by Gasteiger charge is 2.32. The fraction of sp³-hybridized carbons (Fsp3) is 0.500. The van der Waals surface area contributed by atoms with E-state index in [0.717, 1.165) is 10.7 Å². The number of hydrogen-bond acceptors (Lipinski definition) is 5. The van der Waals surface area contributed by atoms with E-state index in [1.165, 1.54) is 30.2 Å². The molecule has 1 unspecified atom stereocenters. The van der Waals surface area contributed by atoms with Crippen molar-refractivity contribution in [3.8, 4) is 0 Å². The highest BCUT2D eigenvalue weighted by atomic mass is 32.2. The summed E-state index contributed by atoms with van der Waals surface area (Å²) in [7, 11) is 0. The molecule has 1 aromatic heterocycles. The van der Waals surface area contributed by atoms with Crippen LogP contribution in [-0.2, 0) is 9.59 Å². The number of hydrogen-bond donors (Lipinski definition) is 0. The lowest BCUT2D eigenvalue weighted by Crippen LogP contribution is -2.23. The van der Waals surface area contributed by atoms with Crippen LogP contribution >= 0.6 is 23.3 Å². The smallest absolute Gasteiger partial charge is 0.228 e. The van der Waals surface area contributed by atoms with Gasteiger partial charge in [0.25, 0.3) is 0 Å². The third-order valence-corrected chi connectivity index (χ3v) is 4.19. The van der Waals surface area contributed by atoms with E-state index in [1.807, 2.05) is 13.0 Å². The minimum atomic E-state index is 0.0696. The van der Waals surface area contributed by atoms with Gasteiger partial charge in [-0.05, 0) is 24.5 Å². The number of aryl methyl sites for hydroxylation is 1. The standard InChI is InChI=1S/C10H12N2O2S2/c1-6-3-10(16-11-6)12-5-8(4-9(12)14)15-7(2)13/h3,8H,4-5H2,1-2H3. The average Bonchev–Trinajstić information content (AvgIpc) is 2.72. The van der Waals surface area contributed by atoms with Crippen LogP contribution in [0.1, 0.15) is 19.0 Å². The zero-order chi connectivity index (χ0) is 11.7. The van der Waals surface area contributed by atoms with Crippen LogP contribution in [0.5, 0.6) is 0 Å². The molecule has 6 heteroatoms. The van der Waals surface area contributed by atoms with Gasteiger partial charge in [-0.1, -0.05) is 11.8 Å². The van der Waals surface area contributed by atoms with Crippen molar-refractivity contribution < 1.29 is 9.59 Å². The van der Waals surface area contributed by atoms with Gasteiger partial charge in [-0.15, -0.1) is 0 Å². The highest BCUT2D eigenvalue weighted by molar-refractivity contribution is 8.14. The fourth-order valence-corrected chi connectivity index (χ4v) is 3.39. The molecule has 1 fully saturated rings. The first-order chi connectivity index (χ1) is 7.56. The molecule has 86 valence electrons. The maximum atomic E-state index is 11.8. The number of rotatable bonds is 2. The highest BCUT2D eigenvalue weighted by Crippen LogP contribution is 2.31. The Bertz CT molecular complexity index is 430. The molecule has 1 aromatic rings. The zero-order valence-corrected chi connectivity index (χ0v) is 10.7. The molecule has 0 aliphatic carbocycles. The zero-order valence-electron chi connectivity index (χ0n) is 9.10. The third kappa shape index (κ3) is 2.44. The quantitative estimate of drug-likeness (QED) is 0.810. The van der Waals surface area contributed by atoms with E-state index in [-0.39, 0.29) is 16.3 Å². The summed E-state index contributed by atoms with van der Waals surface area (Å²) >= 11 is 2.59. The summed E-state index contributed by atoms with van der Waals surface area (Å²) in [5.74, 6) is 0.0856. The van der Waals surface area contributed by atoms with Crippen LogP contribution in [0.4, 0.5) is 5.00 Å². The molecule has 1 aliphatic heterocycles. The molecule has 1 aliphatic rings. The number of thioether (sulfide) groups is 1. The molecule has 0 radical (unpaired) electrons. The summed E-state index contributed by atoms with van der Waals surface area (Å²) in [5, 5.41) is 1.04. The van der Waals surface area contributed by atoms with Crippen LogP contribution < -0.4 is 4.90 Å². The molecule has 0 spiro atoms. The van der Waals surface area contributed by atoms with Crippen molar-refractivity contribution >= 4 is 39.3 Å². The van der Waals surface area contributed by atoms with Crippen molar-refractivity contribution in [2.45, 2.75) is 25.5 Å². The van der Waals surface area contributed by atoms with Crippen molar-refractivity contribution in [2.75, 3.05) is 11.4 Å². The molecule has 4 nitrogen and oxygen atoms in total. The Balaban J connectivity index is 2.08. The Labute approximate surface area is 102 Å². The van der Waals surface area contributed by atoms with Crippen molar-refractivity contribution in [1.82, 2.24) is 4.37 Å². The Morgan fingerprint density at radius 2 is 2.44 bits per heavy atom. The number of amides is 1. The first-order valence-corrected chi connectivity index (χ1v) is 6.62. The molecule has 0 N–H and O–H groups in total. The van der Waals surface area contributed by atoms with Crippen molar-refractivity contribution in [3.05, 3.63) is 11.8 Å². The predicted octanol–water partition coefficient (Wildman–Crippen LogP) is 1.84. The van der Waals surface area contributed by atoms with Crippen LogP contribution in [0, 0.1) is 6.92 Å². The summed E-state index contributed by atoms with van der Waals surface area (Å²) in [6.07, 6.45) is 0.446. The van der Waals surface area contributed by atoms with Gasteiger partial charge in [0.2, 0.25) is 5.91 Å². The summed E-state index contributed by atoms with van der Waals surface area (Å²) in [6.45, 7) is 4.06. The number of aromatic nitrogens is 1. The maximum absolute atomic E-state index is 11.8. The van der Waals surface area contributed by atoms with Crippen LogP contribution in [0.3, 0.4) is 0 Å². The predicted molar refractivity (Wildman–Crippen MR) is 65.9 cm³/mol. The van der Waals surface area contributed by atoms with Crippen LogP contribution in [0.15, 0.2) is 6.07 Å². The van der Waals surface area contributed by atoms with E-state index < -0.39 is 0 Å². The largest absolute Gasteiger partial charge is 0.301 e. The molecule has 1 saturated heterocycles. The third-order valence-electron chi connectivity index (χ3n) is 2.30. The van der Waals surface area contributed by atoms with E-state index in [0.29, 0.717) is 13.0 Å². The van der Waals surface area contributed by atoms with Gasteiger partial charge in [0, 0.05) is 25.1 Å². The molecule has 16 heavy (non-hydrogen) atoms. The van der Waals surface area contributed by atoms with Gasteiger partial charge >= 0.3 is 0 Å². The number of nitrogens with zero attached hydrogens (tertiary/aromatic N) is 2. The molecule has 1 atom stereocenters. The summed E-state index contributed by atoms with van der Waals surface area (Å²) in [6, 6.07) is 1.91. The Hall–Kier alpha value is -0.880. The van der Waals surface area contributed by atoms with E-state index in [4.69, 9.17) is 0 Å². The molecule has 1 amide bonds. The maximum Gasteiger partial charge on any atom is 0.228 e. The second-order valence-electron chi connectivity index (χ2n) is 3.75. The lowest BCUT2D eigenvalue weighted by Gasteiger charge is -2.12. The molecule has 0 aromatic carbocycles. The van der Waals surface area contributed by atoms with Gasteiger partial charge in [-0.3, -0.25) is 9.59 Å². The molecular weight excluding hydrogens is 244 g/mol.